The minimum atomic E-state index is 0.00230. The summed E-state index contributed by atoms with van der Waals surface area (Å²) in [5.41, 5.74) is 3.28. The molecule has 0 saturated carbocycles. The molecule has 0 fully saturated rings. The number of aliphatic hydroxyl groups is 2. The third-order valence-corrected chi connectivity index (χ3v) is 3.36. The standard InChI is InChI=1S/C12H15IO2/c1-9-2-4-10(5-3-9)6-11(7-14)12(13)8-15/h2-5,14-15H,6-8H2,1H3. The predicted molar refractivity (Wildman–Crippen MR) is 70.1 cm³/mol. The fourth-order valence-electron chi connectivity index (χ4n) is 1.30. The first-order valence-electron chi connectivity index (χ1n) is 4.81. The lowest BCUT2D eigenvalue weighted by atomic mass is 10.0. The van der Waals surface area contributed by atoms with Crippen LogP contribution in [0.2, 0.25) is 0 Å². The summed E-state index contributed by atoms with van der Waals surface area (Å²) in [7, 11) is 0. The van der Waals surface area contributed by atoms with Crippen molar-refractivity contribution in [1.29, 1.82) is 0 Å². The Morgan fingerprint density at radius 1 is 1.13 bits per heavy atom. The van der Waals surface area contributed by atoms with Crippen molar-refractivity contribution in [3.05, 3.63) is 44.5 Å². The van der Waals surface area contributed by atoms with Crippen molar-refractivity contribution >= 4 is 22.6 Å². The van der Waals surface area contributed by atoms with Crippen LogP contribution in [0.4, 0.5) is 0 Å². The molecule has 0 spiro atoms. The molecule has 1 rings (SSSR count). The maximum absolute atomic E-state index is 9.17. The second-order valence-corrected chi connectivity index (χ2v) is 4.79. The van der Waals surface area contributed by atoms with Gasteiger partial charge in [0.2, 0.25) is 0 Å². The number of aliphatic hydroxyl groups excluding tert-OH is 2. The zero-order chi connectivity index (χ0) is 11.3. The number of benzene rings is 1. The van der Waals surface area contributed by atoms with Gasteiger partial charge in [-0.1, -0.05) is 29.8 Å². The van der Waals surface area contributed by atoms with Gasteiger partial charge < -0.3 is 10.2 Å². The Bertz CT molecular complexity index is 341. The zero-order valence-corrected chi connectivity index (χ0v) is 10.9. The van der Waals surface area contributed by atoms with E-state index in [-0.39, 0.29) is 13.2 Å². The molecule has 1 aromatic carbocycles. The van der Waals surface area contributed by atoms with Gasteiger partial charge in [-0.25, -0.2) is 0 Å². The Balaban J connectivity index is 2.80. The van der Waals surface area contributed by atoms with Crippen LogP contribution in [0.25, 0.3) is 0 Å². The second kappa shape index (κ2) is 6.25. The van der Waals surface area contributed by atoms with Crippen LogP contribution >= 0.6 is 22.6 Å². The molecule has 1 aromatic rings. The SMILES string of the molecule is Cc1ccc(CC(CO)=C(I)CO)cc1. The monoisotopic (exact) mass is 318 g/mol. The Labute approximate surface area is 104 Å². The summed E-state index contributed by atoms with van der Waals surface area (Å²) in [4.78, 5) is 0. The zero-order valence-electron chi connectivity index (χ0n) is 8.70. The Morgan fingerprint density at radius 3 is 2.20 bits per heavy atom. The lowest BCUT2D eigenvalue weighted by Gasteiger charge is -2.07. The van der Waals surface area contributed by atoms with Crippen LogP contribution in [0.15, 0.2) is 33.4 Å². The highest BCUT2D eigenvalue weighted by Gasteiger charge is 2.03. The molecule has 0 atom stereocenters. The van der Waals surface area contributed by atoms with E-state index in [2.05, 4.69) is 34.7 Å². The van der Waals surface area contributed by atoms with Crippen molar-refractivity contribution in [3.8, 4) is 0 Å². The molecule has 0 amide bonds. The fraction of sp³-hybridized carbons (Fsp3) is 0.333. The van der Waals surface area contributed by atoms with Crippen LogP contribution < -0.4 is 0 Å². The molecule has 2 nitrogen and oxygen atoms in total. The van der Waals surface area contributed by atoms with Crippen molar-refractivity contribution in [2.45, 2.75) is 13.3 Å². The molecule has 0 saturated heterocycles. The minimum absolute atomic E-state index is 0.00230. The number of hydrogen-bond acceptors (Lipinski definition) is 2. The van der Waals surface area contributed by atoms with E-state index in [4.69, 9.17) is 10.2 Å². The van der Waals surface area contributed by atoms with Crippen LogP contribution in [0.3, 0.4) is 0 Å². The summed E-state index contributed by atoms with van der Waals surface area (Å²) >= 11 is 2.07. The molecule has 0 aromatic heterocycles. The summed E-state index contributed by atoms with van der Waals surface area (Å²) in [6.45, 7) is 2.05. The van der Waals surface area contributed by atoms with E-state index in [1.807, 2.05) is 19.1 Å². The van der Waals surface area contributed by atoms with Crippen LogP contribution in [0.1, 0.15) is 11.1 Å². The first-order chi connectivity index (χ1) is 7.17. The van der Waals surface area contributed by atoms with Crippen LogP contribution in [0, 0.1) is 6.92 Å². The Morgan fingerprint density at radius 2 is 1.73 bits per heavy atom. The number of aryl methyl sites for hydroxylation is 1. The normalized spacial score (nSPS) is 12.5. The van der Waals surface area contributed by atoms with Gasteiger partial charge in [0, 0.05) is 3.58 Å². The van der Waals surface area contributed by atoms with Gasteiger partial charge >= 0.3 is 0 Å². The molecule has 82 valence electrons. The van der Waals surface area contributed by atoms with Crippen LogP contribution in [-0.4, -0.2) is 23.4 Å². The number of halogens is 1. The first kappa shape index (κ1) is 12.7. The van der Waals surface area contributed by atoms with Crippen molar-refractivity contribution in [2.24, 2.45) is 0 Å². The van der Waals surface area contributed by atoms with E-state index in [1.54, 1.807) is 0 Å². The van der Waals surface area contributed by atoms with Gasteiger partial charge in [0.05, 0.1) is 13.2 Å². The summed E-state index contributed by atoms with van der Waals surface area (Å²) in [5.74, 6) is 0. The number of rotatable bonds is 4. The summed E-state index contributed by atoms with van der Waals surface area (Å²) in [6.07, 6.45) is 0.704. The summed E-state index contributed by atoms with van der Waals surface area (Å²) < 4.78 is 0.829. The molecular weight excluding hydrogens is 303 g/mol. The molecule has 0 unspecified atom stereocenters. The smallest absolute Gasteiger partial charge is 0.0739 e. The van der Waals surface area contributed by atoms with Gasteiger partial charge in [0.25, 0.3) is 0 Å². The molecule has 0 bridgehead atoms. The van der Waals surface area contributed by atoms with E-state index in [9.17, 15) is 0 Å². The third-order valence-electron chi connectivity index (χ3n) is 2.25. The third kappa shape index (κ3) is 3.93. The second-order valence-electron chi connectivity index (χ2n) is 3.49. The molecule has 15 heavy (non-hydrogen) atoms. The van der Waals surface area contributed by atoms with Crippen molar-refractivity contribution in [1.82, 2.24) is 0 Å². The van der Waals surface area contributed by atoms with Gasteiger partial charge in [-0.05, 0) is 47.1 Å². The predicted octanol–water partition coefficient (Wildman–Crippen LogP) is 2.21. The maximum Gasteiger partial charge on any atom is 0.0739 e. The average molecular weight is 318 g/mol. The van der Waals surface area contributed by atoms with E-state index >= 15 is 0 Å². The van der Waals surface area contributed by atoms with Gasteiger partial charge in [-0.15, -0.1) is 0 Å². The highest BCUT2D eigenvalue weighted by molar-refractivity contribution is 14.1. The van der Waals surface area contributed by atoms with Gasteiger partial charge in [-0.2, -0.15) is 0 Å². The molecule has 2 N–H and O–H groups in total. The van der Waals surface area contributed by atoms with Crippen molar-refractivity contribution < 1.29 is 10.2 Å². The largest absolute Gasteiger partial charge is 0.392 e. The lowest BCUT2D eigenvalue weighted by Crippen LogP contribution is -2.00. The van der Waals surface area contributed by atoms with Crippen LogP contribution in [-0.2, 0) is 6.42 Å². The number of hydrogen-bond donors (Lipinski definition) is 2. The van der Waals surface area contributed by atoms with E-state index in [1.165, 1.54) is 5.56 Å². The quantitative estimate of drug-likeness (QED) is 0.836. The van der Waals surface area contributed by atoms with Crippen molar-refractivity contribution in [2.75, 3.05) is 13.2 Å². The van der Waals surface area contributed by atoms with E-state index in [0.29, 0.717) is 6.42 Å². The van der Waals surface area contributed by atoms with Gasteiger partial charge in [0.1, 0.15) is 0 Å². The van der Waals surface area contributed by atoms with Gasteiger partial charge in [-0.3, -0.25) is 0 Å². The molecule has 3 heteroatoms. The van der Waals surface area contributed by atoms with Crippen molar-refractivity contribution in [3.63, 3.8) is 0 Å². The molecule has 0 radical (unpaired) electrons. The molecule has 0 aliphatic heterocycles. The first-order valence-corrected chi connectivity index (χ1v) is 5.89. The highest BCUT2D eigenvalue weighted by Crippen LogP contribution is 2.17. The van der Waals surface area contributed by atoms with Gasteiger partial charge in [0.15, 0.2) is 0 Å². The highest BCUT2D eigenvalue weighted by atomic mass is 127. The maximum atomic E-state index is 9.17. The summed E-state index contributed by atoms with van der Waals surface area (Å²) in [5, 5.41) is 18.2. The molecular formula is C12H15IO2. The van der Waals surface area contributed by atoms with E-state index < -0.39 is 0 Å². The van der Waals surface area contributed by atoms with E-state index in [0.717, 1.165) is 14.7 Å². The minimum Gasteiger partial charge on any atom is -0.392 e. The molecule has 0 heterocycles. The Kier molecular flexibility index (Phi) is 5.28. The fourth-order valence-corrected chi connectivity index (χ4v) is 1.66. The Hall–Kier alpha value is -0.390. The average Bonchev–Trinajstić information content (AvgIpc) is 2.27. The molecule has 0 aliphatic rings. The lowest BCUT2D eigenvalue weighted by molar-refractivity contribution is 0.316. The summed E-state index contributed by atoms with van der Waals surface area (Å²) in [6, 6.07) is 8.20. The topological polar surface area (TPSA) is 40.5 Å². The molecule has 0 aliphatic carbocycles. The van der Waals surface area contributed by atoms with Crippen LogP contribution in [0.5, 0.6) is 0 Å².